The second kappa shape index (κ2) is 4.11. The predicted molar refractivity (Wildman–Crippen MR) is 38.2 cm³/mol. The van der Waals surface area contributed by atoms with E-state index in [1.807, 2.05) is 0 Å². The summed E-state index contributed by atoms with van der Waals surface area (Å²) < 4.78 is 123. The third-order valence-corrected chi connectivity index (χ3v) is 2.87. The highest BCUT2D eigenvalue weighted by atomic mass is 32.2. The van der Waals surface area contributed by atoms with Crippen molar-refractivity contribution in [3.8, 4) is 0 Å². The number of halogens is 9. The molecule has 0 aromatic carbocycles. The van der Waals surface area contributed by atoms with E-state index in [2.05, 4.69) is 4.18 Å². The molecule has 2 nitrogen and oxygen atoms in total. The fourth-order valence-corrected chi connectivity index (χ4v) is 2.20. The van der Waals surface area contributed by atoms with E-state index in [0.29, 0.717) is 0 Å². The van der Waals surface area contributed by atoms with Crippen LogP contribution in [0.3, 0.4) is 0 Å². The summed E-state index contributed by atoms with van der Waals surface area (Å²) in [7, 11) is 0. The second-order valence-corrected chi connectivity index (χ2v) is 4.06. The molecule has 1 rings (SSSR count). The first-order chi connectivity index (χ1) is 7.76. The van der Waals surface area contributed by atoms with Gasteiger partial charge in [-0.25, -0.2) is 4.21 Å². The van der Waals surface area contributed by atoms with Crippen LogP contribution in [0.2, 0.25) is 0 Å². The van der Waals surface area contributed by atoms with Gasteiger partial charge in [0.05, 0.1) is 5.57 Å². The molecular formula is C6HF9O2S. The lowest BCUT2D eigenvalue weighted by Crippen LogP contribution is -2.36. The summed E-state index contributed by atoms with van der Waals surface area (Å²) in [6.45, 7) is 0. The molecule has 1 heterocycles. The van der Waals surface area contributed by atoms with Crippen molar-refractivity contribution in [2.24, 2.45) is 0 Å². The summed E-state index contributed by atoms with van der Waals surface area (Å²) in [6.07, 6.45) is -21.5. The van der Waals surface area contributed by atoms with Crippen molar-refractivity contribution < 1.29 is 47.9 Å². The summed E-state index contributed by atoms with van der Waals surface area (Å²) in [4.78, 5) is -2.86. The van der Waals surface area contributed by atoms with Crippen LogP contribution in [0.4, 0.5) is 39.5 Å². The fraction of sp³-hybridized carbons (Fsp3) is 0.667. The highest BCUT2D eigenvalue weighted by molar-refractivity contribution is 7.84. The van der Waals surface area contributed by atoms with Gasteiger partial charge in [-0.15, -0.1) is 0 Å². The molecule has 0 fully saturated rings. The Kier molecular flexibility index (Phi) is 3.49. The van der Waals surface area contributed by atoms with Crippen LogP contribution in [0.25, 0.3) is 0 Å². The molecule has 0 aromatic heterocycles. The van der Waals surface area contributed by atoms with E-state index >= 15 is 0 Å². The minimum atomic E-state index is -5.96. The third kappa shape index (κ3) is 2.79. The Morgan fingerprint density at radius 3 is 1.61 bits per heavy atom. The molecule has 12 heteroatoms. The lowest BCUT2D eigenvalue weighted by molar-refractivity contribution is -0.199. The van der Waals surface area contributed by atoms with Gasteiger partial charge >= 0.3 is 18.5 Å². The van der Waals surface area contributed by atoms with Crippen LogP contribution in [0, 0.1) is 0 Å². The number of hydrogen-bond acceptors (Lipinski definition) is 2. The summed E-state index contributed by atoms with van der Waals surface area (Å²) in [5.74, 6) is 0. The molecule has 0 N–H and O–H groups in total. The van der Waals surface area contributed by atoms with Gasteiger partial charge < -0.3 is 0 Å². The molecule has 0 aromatic rings. The monoisotopic (exact) mass is 308 g/mol. The Balaban J connectivity index is 3.49. The molecule has 2 unspecified atom stereocenters. The second-order valence-electron chi connectivity index (χ2n) is 2.99. The predicted octanol–water partition coefficient (Wildman–Crippen LogP) is 2.99. The Hall–Kier alpha value is -0.780. The molecule has 2 atom stereocenters. The molecule has 0 bridgehead atoms. The molecule has 0 aliphatic carbocycles. The summed E-state index contributed by atoms with van der Waals surface area (Å²) in [5.41, 5.74) is -3.03. The van der Waals surface area contributed by atoms with Gasteiger partial charge in [-0.3, -0.25) is 4.18 Å². The normalized spacial score (nSPS) is 26.9. The summed E-state index contributed by atoms with van der Waals surface area (Å²) in [6, 6.07) is 0. The number of rotatable bonds is 0. The van der Waals surface area contributed by atoms with E-state index in [1.54, 1.807) is 0 Å². The van der Waals surface area contributed by atoms with Gasteiger partial charge in [-0.2, -0.15) is 39.5 Å². The van der Waals surface area contributed by atoms with E-state index in [-0.39, 0.29) is 0 Å². The van der Waals surface area contributed by atoms with E-state index in [4.69, 9.17) is 0 Å². The van der Waals surface area contributed by atoms with Crippen LogP contribution in [-0.4, -0.2) is 28.8 Å². The maximum absolute atomic E-state index is 12.2. The summed E-state index contributed by atoms with van der Waals surface area (Å²) in [5, 5.41) is 0. The largest absolute Gasteiger partial charge is 0.427 e. The highest BCUT2D eigenvalue weighted by Crippen LogP contribution is 2.49. The zero-order chi connectivity index (χ0) is 14.5. The maximum Gasteiger partial charge on any atom is 0.427 e. The first-order valence-electron chi connectivity index (χ1n) is 3.80. The Morgan fingerprint density at radius 2 is 1.33 bits per heavy atom. The minimum Gasteiger partial charge on any atom is -0.269 e. The van der Waals surface area contributed by atoms with Gasteiger partial charge in [-0.1, -0.05) is 0 Å². The van der Waals surface area contributed by atoms with Crippen molar-refractivity contribution >= 4 is 11.1 Å². The van der Waals surface area contributed by atoms with Crippen LogP contribution in [0.1, 0.15) is 0 Å². The van der Waals surface area contributed by atoms with E-state index in [1.165, 1.54) is 0 Å². The molecule has 1 aliphatic heterocycles. The Labute approximate surface area is 95.1 Å². The van der Waals surface area contributed by atoms with Crippen molar-refractivity contribution in [1.82, 2.24) is 0 Å². The van der Waals surface area contributed by atoms with E-state index in [0.717, 1.165) is 0 Å². The maximum atomic E-state index is 12.2. The zero-order valence-electron chi connectivity index (χ0n) is 7.70. The van der Waals surface area contributed by atoms with Gasteiger partial charge in [-0.05, 0) is 0 Å². The molecule has 106 valence electrons. The highest BCUT2D eigenvalue weighted by Gasteiger charge is 2.63. The number of hydrogen-bond donors (Lipinski definition) is 0. The van der Waals surface area contributed by atoms with Gasteiger partial charge in [0.25, 0.3) is 0 Å². The van der Waals surface area contributed by atoms with Crippen LogP contribution in [0.5, 0.6) is 0 Å². The summed E-state index contributed by atoms with van der Waals surface area (Å²) >= 11 is -3.87. The molecule has 1 aliphatic rings. The number of alkyl halides is 9. The molecule has 0 saturated heterocycles. The molecule has 18 heavy (non-hydrogen) atoms. The lowest BCUT2D eigenvalue weighted by atomic mass is 10.1. The molecule has 0 spiro atoms. The van der Waals surface area contributed by atoms with Crippen molar-refractivity contribution in [2.45, 2.75) is 24.6 Å². The third-order valence-electron chi connectivity index (χ3n) is 1.72. The van der Waals surface area contributed by atoms with Crippen LogP contribution in [0.15, 0.2) is 10.5 Å². The topological polar surface area (TPSA) is 26.3 Å². The SMILES string of the molecule is O=S1OC(C(F)(F)F)C(C(F)(F)F)=C1C(F)(F)F. The first-order valence-corrected chi connectivity index (χ1v) is 4.88. The standard InChI is InChI=1S/C6HF9O2S/c7-4(8,9)1-2(5(10,11)12)17-18(16)3(1)6(13,14)15/h2H. The first kappa shape index (κ1) is 15.3. The zero-order valence-corrected chi connectivity index (χ0v) is 8.52. The van der Waals surface area contributed by atoms with Crippen molar-refractivity contribution in [2.75, 3.05) is 0 Å². The smallest absolute Gasteiger partial charge is 0.269 e. The van der Waals surface area contributed by atoms with Crippen LogP contribution >= 0.6 is 0 Å². The molecule has 0 saturated carbocycles. The van der Waals surface area contributed by atoms with Gasteiger partial charge in [0.1, 0.15) is 0 Å². The Morgan fingerprint density at radius 1 is 0.889 bits per heavy atom. The minimum absolute atomic E-state index is 2.86. The number of allylic oxidation sites excluding steroid dienone is 1. The van der Waals surface area contributed by atoms with Gasteiger partial charge in [0.15, 0.2) is 16.0 Å². The fourth-order valence-electron chi connectivity index (χ4n) is 1.14. The molecule has 0 radical (unpaired) electrons. The van der Waals surface area contributed by atoms with Crippen molar-refractivity contribution in [3.63, 3.8) is 0 Å². The van der Waals surface area contributed by atoms with E-state index < -0.39 is 46.2 Å². The molecule has 0 amide bonds. The quantitative estimate of drug-likeness (QED) is 0.643. The average molecular weight is 308 g/mol. The van der Waals surface area contributed by atoms with E-state index in [9.17, 15) is 43.7 Å². The Bertz CT molecular complexity index is 401. The van der Waals surface area contributed by atoms with Crippen molar-refractivity contribution in [1.29, 1.82) is 0 Å². The lowest BCUT2D eigenvalue weighted by Gasteiger charge is -2.18. The van der Waals surface area contributed by atoms with Gasteiger partial charge in [0.2, 0.25) is 6.10 Å². The van der Waals surface area contributed by atoms with Crippen LogP contribution in [-0.2, 0) is 15.3 Å². The average Bonchev–Trinajstić information content (AvgIpc) is 2.39. The van der Waals surface area contributed by atoms with Crippen molar-refractivity contribution in [3.05, 3.63) is 10.5 Å². The van der Waals surface area contributed by atoms with Crippen LogP contribution < -0.4 is 0 Å². The van der Waals surface area contributed by atoms with Gasteiger partial charge in [0, 0.05) is 0 Å². The molecular weight excluding hydrogens is 307 g/mol.